The fourth-order valence-electron chi connectivity index (χ4n) is 4.93. The van der Waals surface area contributed by atoms with Gasteiger partial charge in [0.2, 0.25) is 5.91 Å². The zero-order valence-electron chi connectivity index (χ0n) is 27.2. The summed E-state index contributed by atoms with van der Waals surface area (Å²) in [7, 11) is 0. The number of unbranched alkanes of at least 4 members (excludes halogenated alkanes) is 15. The largest absolute Gasteiger partial charge is 0.394 e. The van der Waals surface area contributed by atoms with Crippen molar-refractivity contribution in [2.24, 2.45) is 0 Å². The Morgan fingerprint density at radius 1 is 0.571 bits per heavy atom. The third-order valence-electron chi connectivity index (χ3n) is 7.80. The van der Waals surface area contributed by atoms with Gasteiger partial charge in [0.15, 0.2) is 0 Å². The lowest BCUT2D eigenvalue weighted by atomic mass is 10.00. The molecule has 0 heterocycles. The van der Waals surface area contributed by atoms with Crippen LogP contribution in [0.3, 0.4) is 0 Å². The third kappa shape index (κ3) is 25.1. The lowest BCUT2D eigenvalue weighted by Crippen LogP contribution is -2.53. The first-order valence-electron chi connectivity index (χ1n) is 17.4. The van der Waals surface area contributed by atoms with Gasteiger partial charge in [0.05, 0.1) is 18.8 Å². The number of hydrogen-bond donors (Lipinski definition) is 5. The highest BCUT2D eigenvalue weighted by molar-refractivity contribution is 5.80. The molecule has 0 aromatic carbocycles. The normalized spacial score (nSPS) is 15.1. The van der Waals surface area contributed by atoms with E-state index in [1.54, 1.807) is 0 Å². The van der Waals surface area contributed by atoms with Gasteiger partial charge < -0.3 is 25.7 Å². The van der Waals surface area contributed by atoms with Crippen LogP contribution in [0.15, 0.2) is 36.5 Å². The second kappa shape index (κ2) is 31.0. The molecule has 0 aliphatic heterocycles. The average molecular weight is 594 g/mol. The molecular formula is C36H67NO5. The maximum absolute atomic E-state index is 12.4. The smallest absolute Gasteiger partial charge is 0.249 e. The van der Waals surface area contributed by atoms with Crippen LogP contribution in [0.25, 0.3) is 0 Å². The quantitative estimate of drug-likeness (QED) is 0.0431. The van der Waals surface area contributed by atoms with Crippen LogP contribution < -0.4 is 5.32 Å². The Balaban J connectivity index is 3.93. The molecule has 0 aliphatic carbocycles. The maximum Gasteiger partial charge on any atom is 0.249 e. The van der Waals surface area contributed by atoms with E-state index in [1.807, 2.05) is 0 Å². The molecule has 6 heteroatoms. The third-order valence-corrected chi connectivity index (χ3v) is 7.80. The zero-order chi connectivity index (χ0) is 31.1. The molecule has 0 rings (SSSR count). The molecule has 0 fully saturated rings. The average Bonchev–Trinajstić information content (AvgIpc) is 2.99. The van der Waals surface area contributed by atoms with E-state index in [4.69, 9.17) is 0 Å². The van der Waals surface area contributed by atoms with Crippen LogP contribution >= 0.6 is 0 Å². The molecule has 0 bridgehead atoms. The van der Waals surface area contributed by atoms with Crippen molar-refractivity contribution in [1.29, 1.82) is 0 Å². The molecule has 0 spiro atoms. The first-order chi connectivity index (χ1) is 20.5. The predicted molar refractivity (Wildman–Crippen MR) is 177 cm³/mol. The lowest BCUT2D eigenvalue weighted by Gasteiger charge is -2.27. The van der Waals surface area contributed by atoms with Crippen molar-refractivity contribution in [3.63, 3.8) is 0 Å². The summed E-state index contributed by atoms with van der Waals surface area (Å²) in [6.07, 6.45) is 33.1. The summed E-state index contributed by atoms with van der Waals surface area (Å²) in [5, 5.41) is 43.2. The first-order valence-corrected chi connectivity index (χ1v) is 17.4. The zero-order valence-corrected chi connectivity index (χ0v) is 27.2. The number of nitrogens with one attached hydrogen (secondary N) is 1. The number of hydrogen-bond acceptors (Lipinski definition) is 5. The minimum atomic E-state index is -1.29. The van der Waals surface area contributed by atoms with Gasteiger partial charge in [-0.2, -0.15) is 0 Å². The molecule has 0 saturated carbocycles. The Hall–Kier alpha value is -1.47. The van der Waals surface area contributed by atoms with E-state index in [0.29, 0.717) is 19.3 Å². The molecule has 4 atom stereocenters. The van der Waals surface area contributed by atoms with Gasteiger partial charge in [-0.3, -0.25) is 4.79 Å². The summed E-state index contributed by atoms with van der Waals surface area (Å²) in [6.45, 7) is 3.94. The fraction of sp³-hybridized carbons (Fsp3) is 0.806. The number of carbonyl (C=O) groups excluding carboxylic acids is 1. The lowest BCUT2D eigenvalue weighted by molar-refractivity contribution is -0.132. The molecule has 0 radical (unpaired) electrons. The Kier molecular flexibility index (Phi) is 29.9. The Bertz CT molecular complexity index is 678. The summed E-state index contributed by atoms with van der Waals surface area (Å²) in [5.74, 6) is -0.611. The molecule has 0 saturated heterocycles. The van der Waals surface area contributed by atoms with Gasteiger partial charge in [-0.05, 0) is 70.6 Å². The minimum Gasteiger partial charge on any atom is -0.394 e. The molecule has 246 valence electrons. The van der Waals surface area contributed by atoms with Crippen molar-refractivity contribution in [3.05, 3.63) is 36.5 Å². The second-order valence-corrected chi connectivity index (χ2v) is 11.8. The number of aliphatic hydroxyl groups excluding tert-OH is 4. The van der Waals surface area contributed by atoms with Crippen LogP contribution in [0.4, 0.5) is 0 Å². The van der Waals surface area contributed by atoms with E-state index in [2.05, 4.69) is 55.6 Å². The van der Waals surface area contributed by atoms with Crippen molar-refractivity contribution in [1.82, 2.24) is 5.32 Å². The summed E-state index contributed by atoms with van der Waals surface area (Å²) < 4.78 is 0. The van der Waals surface area contributed by atoms with Crippen molar-refractivity contribution >= 4 is 5.91 Å². The van der Waals surface area contributed by atoms with E-state index in [9.17, 15) is 25.2 Å². The number of carbonyl (C=O) groups is 1. The molecule has 4 unspecified atom stereocenters. The molecule has 6 nitrogen and oxygen atoms in total. The van der Waals surface area contributed by atoms with E-state index < -0.39 is 36.9 Å². The van der Waals surface area contributed by atoms with Gasteiger partial charge in [-0.1, -0.05) is 121 Å². The molecule has 0 aromatic heterocycles. The van der Waals surface area contributed by atoms with Crippen molar-refractivity contribution in [2.75, 3.05) is 6.61 Å². The van der Waals surface area contributed by atoms with Crippen LogP contribution in [0, 0.1) is 0 Å². The maximum atomic E-state index is 12.4. The standard InChI is InChI=1S/C36H67NO5/c1-3-5-7-9-11-13-15-16-17-18-20-22-24-26-28-30-34(40)36(42)37-32(31-38)35(41)33(39)29-27-25-23-21-19-14-12-10-8-6-4-2/h10,12,17-18,21,23,32-35,38-41H,3-9,11,13-16,19-20,22,24-31H2,1-2H3,(H,37,42)/b12-10+,18-17-,23-21+. The van der Waals surface area contributed by atoms with E-state index in [-0.39, 0.29) is 0 Å². The van der Waals surface area contributed by atoms with Crippen LogP contribution in [0.2, 0.25) is 0 Å². The predicted octanol–water partition coefficient (Wildman–Crippen LogP) is 7.84. The van der Waals surface area contributed by atoms with E-state index in [1.165, 1.54) is 64.2 Å². The van der Waals surface area contributed by atoms with Crippen LogP contribution in [0.1, 0.15) is 155 Å². The van der Waals surface area contributed by atoms with Crippen molar-refractivity contribution < 1.29 is 25.2 Å². The molecule has 42 heavy (non-hydrogen) atoms. The number of allylic oxidation sites excluding steroid dienone is 6. The number of rotatable bonds is 30. The SMILES string of the molecule is CCCC/C=C/CC/C=C/CCCC(O)C(O)C(CO)NC(=O)C(O)CCCCCC/C=C\CCCCCCCCC. The number of amides is 1. The van der Waals surface area contributed by atoms with Gasteiger partial charge >= 0.3 is 0 Å². The van der Waals surface area contributed by atoms with Crippen molar-refractivity contribution in [3.8, 4) is 0 Å². The van der Waals surface area contributed by atoms with Gasteiger partial charge in [-0.15, -0.1) is 0 Å². The van der Waals surface area contributed by atoms with Gasteiger partial charge in [0, 0.05) is 0 Å². The van der Waals surface area contributed by atoms with Crippen molar-refractivity contribution in [2.45, 2.75) is 179 Å². The van der Waals surface area contributed by atoms with E-state index in [0.717, 1.165) is 57.8 Å². The fourth-order valence-corrected chi connectivity index (χ4v) is 4.93. The van der Waals surface area contributed by atoms with E-state index >= 15 is 0 Å². The van der Waals surface area contributed by atoms with Gasteiger partial charge in [0.25, 0.3) is 0 Å². The van der Waals surface area contributed by atoms with Crippen LogP contribution in [-0.2, 0) is 4.79 Å². The Morgan fingerprint density at radius 3 is 1.57 bits per heavy atom. The molecule has 0 aliphatic rings. The molecular weight excluding hydrogens is 526 g/mol. The topological polar surface area (TPSA) is 110 Å². The second-order valence-electron chi connectivity index (χ2n) is 11.8. The highest BCUT2D eigenvalue weighted by Crippen LogP contribution is 2.13. The number of aliphatic hydroxyl groups is 4. The monoisotopic (exact) mass is 594 g/mol. The Morgan fingerprint density at radius 2 is 1.02 bits per heavy atom. The molecule has 5 N–H and O–H groups in total. The van der Waals surface area contributed by atoms with Gasteiger partial charge in [-0.25, -0.2) is 0 Å². The Labute approximate surface area is 258 Å². The molecule has 0 aromatic rings. The summed E-state index contributed by atoms with van der Waals surface area (Å²) in [4.78, 5) is 12.4. The molecule has 1 amide bonds. The first kappa shape index (κ1) is 40.5. The summed E-state index contributed by atoms with van der Waals surface area (Å²) >= 11 is 0. The minimum absolute atomic E-state index is 0.345. The van der Waals surface area contributed by atoms with Crippen LogP contribution in [-0.4, -0.2) is 57.3 Å². The highest BCUT2D eigenvalue weighted by Gasteiger charge is 2.28. The summed E-state index contributed by atoms with van der Waals surface area (Å²) in [5.41, 5.74) is 0. The van der Waals surface area contributed by atoms with Crippen LogP contribution in [0.5, 0.6) is 0 Å². The summed E-state index contributed by atoms with van der Waals surface area (Å²) in [6, 6.07) is -1.01. The van der Waals surface area contributed by atoms with Gasteiger partial charge in [0.1, 0.15) is 12.2 Å². The highest BCUT2D eigenvalue weighted by atomic mass is 16.3.